The van der Waals surface area contributed by atoms with Gasteiger partial charge in [-0.2, -0.15) is 12.8 Å². The first kappa shape index (κ1) is 58.7. The van der Waals surface area contributed by atoms with Crippen LogP contribution in [0.5, 0.6) is 0 Å². The first-order valence-corrected chi connectivity index (χ1v) is 30.6. The summed E-state index contributed by atoms with van der Waals surface area (Å²) in [5, 5.41) is 31.0. The van der Waals surface area contributed by atoms with Crippen LogP contribution in [0.3, 0.4) is 0 Å². The van der Waals surface area contributed by atoms with Gasteiger partial charge in [0.05, 0.1) is 23.0 Å². The molecule has 5 aromatic rings. The molecule has 0 aliphatic heterocycles. The minimum atomic E-state index is -0.871. The van der Waals surface area contributed by atoms with Gasteiger partial charge in [-0.25, -0.2) is 0 Å². The molecule has 0 aromatic heterocycles. The van der Waals surface area contributed by atoms with Gasteiger partial charge in [-0.15, -0.1) is 0 Å². The van der Waals surface area contributed by atoms with E-state index in [9.17, 15) is 19.8 Å². The summed E-state index contributed by atoms with van der Waals surface area (Å²) in [4.78, 5) is 24.3. The van der Waals surface area contributed by atoms with Crippen molar-refractivity contribution in [3.05, 3.63) is 185 Å². The average molecular weight is 1120 g/mol. The molecule has 4 nitrogen and oxygen atoms in total. The molecule has 6 atom stereocenters. The van der Waals surface area contributed by atoms with Gasteiger partial charge in [-0.1, -0.05) is 242 Å². The fraction of sp³-hybridized carbons (Fsp3) is 0.486. The van der Waals surface area contributed by atoms with Crippen molar-refractivity contribution in [1.82, 2.24) is 0 Å². The summed E-state index contributed by atoms with van der Waals surface area (Å²) in [5.41, 5.74) is 4.73. The maximum atomic E-state index is 12.4. The normalized spacial score (nSPS) is 27.9. The molecule has 0 spiro atoms. The Kier molecular flexibility index (Phi) is 20.5. The van der Waals surface area contributed by atoms with Crippen molar-refractivity contribution in [2.75, 3.05) is 0 Å². The van der Waals surface area contributed by atoms with Crippen LogP contribution in [0.4, 0.5) is 0 Å². The van der Waals surface area contributed by atoms with E-state index in [0.29, 0.717) is 11.1 Å². The zero-order valence-electron chi connectivity index (χ0n) is 46.5. The minimum Gasteiger partial charge on any atom is -1.00 e. The van der Waals surface area contributed by atoms with Crippen molar-refractivity contribution in [3.8, 4) is 0 Å². The standard InChI is InChI=1S/C26H34O2.C26H30.C14H10O2.C6H11.BrH.Mg/c27-25(19-11-3-1-4-12-19)21-15-7-9-17-23(21)26(28,20-13-5-2-6-14-20)24-18-10-8-16-22(24)25;1-3-11-19(12-4-1)25-21-15-7-9-17-23(21)26(20-13-5-2-6-14-20)24-18-10-8-16-22(24)25;15-13-9-5-1-2-6-10(9)14(16)12-8-4-3-7-11(12)13;1-2-4-6-5-3-1;;/h7-10,15-21,23,27-28H,1-6,11-14H2;7-10,15-20H,1-6,11-14H2;1-10H;1H,2-6H2;1H;/q;;;-1;;+2/p-1. The van der Waals surface area contributed by atoms with E-state index in [1.807, 2.05) is 24.3 Å². The molecule has 0 radical (unpaired) electrons. The molecule has 5 fully saturated rings. The molecule has 6 unspecified atom stereocenters. The van der Waals surface area contributed by atoms with Gasteiger partial charge in [0, 0.05) is 23.0 Å². The first-order valence-electron chi connectivity index (χ1n) is 30.6. The van der Waals surface area contributed by atoms with E-state index in [1.165, 1.54) is 135 Å². The number of aliphatic hydroxyl groups is 2. The predicted molar refractivity (Wildman–Crippen MR) is 319 cm³/mol. The van der Waals surface area contributed by atoms with Gasteiger partial charge < -0.3 is 33.6 Å². The smallest absolute Gasteiger partial charge is 1.00 e. The Balaban J connectivity index is 0.000000137. The van der Waals surface area contributed by atoms with Crippen LogP contribution < -0.4 is 17.0 Å². The van der Waals surface area contributed by atoms with E-state index in [1.54, 1.807) is 56.9 Å². The van der Waals surface area contributed by atoms with Crippen molar-refractivity contribution in [2.45, 2.75) is 184 Å². The van der Waals surface area contributed by atoms with Crippen molar-refractivity contribution >= 4 is 56.2 Å². The van der Waals surface area contributed by atoms with Gasteiger partial charge in [0.15, 0.2) is 11.6 Å². The summed E-state index contributed by atoms with van der Waals surface area (Å²) < 4.78 is 0. The number of rotatable bonds is 4. The number of halogens is 1. The molecule has 9 aliphatic carbocycles. The van der Waals surface area contributed by atoms with Crippen molar-refractivity contribution < 1.29 is 36.8 Å². The molecule has 0 heterocycles. The fourth-order valence-electron chi connectivity index (χ4n) is 16.2. The van der Waals surface area contributed by atoms with Crippen LogP contribution in [0.1, 0.15) is 215 Å². The van der Waals surface area contributed by atoms with Crippen LogP contribution in [0.2, 0.25) is 0 Å². The van der Waals surface area contributed by atoms with Crippen LogP contribution in [-0.4, -0.2) is 44.8 Å². The summed E-state index contributed by atoms with van der Waals surface area (Å²) in [6.07, 6.45) is 51.1. The number of carbonyl (C=O) groups is 2. The molecule has 78 heavy (non-hydrogen) atoms. The molecule has 9 aliphatic rings. The van der Waals surface area contributed by atoms with E-state index < -0.39 is 11.2 Å². The molecule has 0 amide bonds. The number of fused-ring (bicyclic) bond motifs is 6. The Bertz CT molecular complexity index is 2680. The summed E-state index contributed by atoms with van der Waals surface area (Å²) in [6, 6.07) is 34.1. The molecule has 0 saturated heterocycles. The molecular formula is C72H85BrMgO4. The number of hydrogen-bond acceptors (Lipinski definition) is 4. The maximum absolute atomic E-state index is 12.4. The predicted octanol–water partition coefficient (Wildman–Crippen LogP) is 14.9. The molecule has 14 rings (SSSR count). The molecule has 6 heteroatoms. The van der Waals surface area contributed by atoms with Crippen LogP contribution in [-0.2, 0) is 11.2 Å². The third kappa shape index (κ3) is 11.7. The van der Waals surface area contributed by atoms with Gasteiger partial charge >= 0.3 is 23.1 Å². The minimum absolute atomic E-state index is 0. The monoisotopic (exact) mass is 1120 g/mol. The van der Waals surface area contributed by atoms with Gasteiger partial charge in [0.1, 0.15) is 0 Å². The molecule has 2 N–H and O–H groups in total. The molecule has 406 valence electrons. The first-order chi connectivity index (χ1) is 37.4. The number of Topliss-reactive ketones (excluding diaryl/α,β-unsaturated/α-hetero) is 2. The average Bonchev–Trinajstić information content (AvgIpc) is 3.69. The van der Waals surface area contributed by atoms with Crippen LogP contribution in [0, 0.1) is 41.9 Å². The number of ketones is 2. The molecular weight excluding hydrogens is 1030 g/mol. The second-order valence-electron chi connectivity index (χ2n) is 24.3. The zero-order chi connectivity index (χ0) is 51.9. The van der Waals surface area contributed by atoms with Crippen LogP contribution >= 0.6 is 0 Å². The van der Waals surface area contributed by atoms with E-state index in [4.69, 9.17) is 0 Å². The van der Waals surface area contributed by atoms with Gasteiger partial charge in [-0.3, -0.25) is 9.59 Å². The number of allylic oxidation sites excluding steroid dienone is 6. The van der Waals surface area contributed by atoms with E-state index >= 15 is 0 Å². The number of hydrogen-bond donors (Lipinski definition) is 2. The third-order valence-electron chi connectivity index (χ3n) is 20.0. The van der Waals surface area contributed by atoms with Crippen LogP contribution in [0.25, 0.3) is 21.5 Å². The Labute approximate surface area is 494 Å². The Morgan fingerprint density at radius 2 is 0.692 bits per heavy atom. The third-order valence-corrected chi connectivity index (χ3v) is 20.0. The topological polar surface area (TPSA) is 74.6 Å². The zero-order valence-corrected chi connectivity index (χ0v) is 49.5. The molecule has 5 aromatic carbocycles. The van der Waals surface area contributed by atoms with E-state index in [-0.39, 0.29) is 87.1 Å². The Hall–Kier alpha value is -3.91. The largest absolute Gasteiger partial charge is 2.00 e. The number of benzene rings is 5. The van der Waals surface area contributed by atoms with Gasteiger partial charge in [-0.05, 0) is 119 Å². The van der Waals surface area contributed by atoms with Crippen molar-refractivity contribution in [1.29, 1.82) is 0 Å². The van der Waals surface area contributed by atoms with E-state index in [2.05, 4.69) is 104 Å². The summed E-state index contributed by atoms with van der Waals surface area (Å²) in [5.74, 6) is 1.49. The molecule has 5 saturated carbocycles. The van der Waals surface area contributed by atoms with E-state index in [0.717, 1.165) is 48.6 Å². The maximum Gasteiger partial charge on any atom is 2.00 e. The second-order valence-corrected chi connectivity index (χ2v) is 24.3. The quantitative estimate of drug-likeness (QED) is 0.107. The van der Waals surface area contributed by atoms with Crippen molar-refractivity contribution in [2.24, 2.45) is 35.5 Å². The summed E-state index contributed by atoms with van der Waals surface area (Å²) in [7, 11) is 0. The Morgan fingerprint density at radius 1 is 0.385 bits per heavy atom. The molecule has 0 bridgehead atoms. The van der Waals surface area contributed by atoms with Gasteiger partial charge in [0.2, 0.25) is 0 Å². The summed E-state index contributed by atoms with van der Waals surface area (Å²) >= 11 is 0. The Morgan fingerprint density at radius 3 is 1.03 bits per heavy atom. The SMILES string of the molecule is O=C1c2ccccc2C(=O)C2C=CC=CC12.OC1(C2CCCCC2)c2ccccc2C(O)(C2CCCCC2)C2C=CC=CC21.[Br-].[CH-]1CCCCC1.[Mg+2].c1ccc2c(C3CCCCC3)c3ccccc3c(C3CCCCC3)c2c1. The van der Waals surface area contributed by atoms with Gasteiger partial charge in [0.25, 0.3) is 0 Å². The van der Waals surface area contributed by atoms with Crippen molar-refractivity contribution in [3.63, 3.8) is 0 Å². The second kappa shape index (κ2) is 27.2. The summed E-state index contributed by atoms with van der Waals surface area (Å²) in [6.45, 7) is 0. The van der Waals surface area contributed by atoms with Crippen LogP contribution in [0.15, 0.2) is 146 Å². The fourth-order valence-corrected chi connectivity index (χ4v) is 16.2. The number of carbonyl (C=O) groups excluding carboxylic acids is 2.